The average molecular weight is 235 g/mol. The molecule has 0 aliphatic carbocycles. The number of hydrogen-bond acceptors (Lipinski definition) is 2. The van der Waals surface area contributed by atoms with Crippen molar-refractivity contribution in [1.29, 1.82) is 0 Å². The maximum absolute atomic E-state index is 11.3. The summed E-state index contributed by atoms with van der Waals surface area (Å²) in [6, 6.07) is 5.38. The molecular formula is C14H21NO2. The normalized spacial score (nSPS) is 14.4. The monoisotopic (exact) mass is 235 g/mol. The second-order valence-corrected chi connectivity index (χ2v) is 4.59. The predicted molar refractivity (Wildman–Crippen MR) is 69.2 cm³/mol. The zero-order valence-corrected chi connectivity index (χ0v) is 10.9. The summed E-state index contributed by atoms with van der Waals surface area (Å²) in [5.74, 6) is -0.825. The van der Waals surface area contributed by atoms with Gasteiger partial charge in [-0.15, -0.1) is 0 Å². The number of carboxylic acids is 1. The van der Waals surface area contributed by atoms with Crippen LogP contribution in [0.25, 0.3) is 0 Å². The van der Waals surface area contributed by atoms with Crippen LogP contribution in [0.15, 0.2) is 18.2 Å². The second-order valence-electron chi connectivity index (χ2n) is 4.59. The van der Waals surface area contributed by atoms with Crippen molar-refractivity contribution < 1.29 is 9.90 Å². The van der Waals surface area contributed by atoms with E-state index in [-0.39, 0.29) is 6.04 Å². The summed E-state index contributed by atoms with van der Waals surface area (Å²) in [4.78, 5) is 11.3. The molecule has 3 nitrogen and oxygen atoms in total. The number of aryl methyl sites for hydroxylation is 2. The Morgan fingerprint density at radius 3 is 2.47 bits per heavy atom. The predicted octanol–water partition coefficient (Wildman–Crippen LogP) is 2.82. The van der Waals surface area contributed by atoms with Crippen molar-refractivity contribution in [2.45, 2.75) is 46.2 Å². The average Bonchev–Trinajstić information content (AvgIpc) is 2.29. The Kier molecular flexibility index (Phi) is 4.70. The maximum atomic E-state index is 11.3. The summed E-state index contributed by atoms with van der Waals surface area (Å²) < 4.78 is 0. The van der Waals surface area contributed by atoms with E-state index in [1.807, 2.05) is 45.9 Å². The van der Waals surface area contributed by atoms with E-state index in [0.717, 1.165) is 17.5 Å². The first-order chi connectivity index (χ1) is 7.95. The van der Waals surface area contributed by atoms with Crippen LogP contribution < -0.4 is 5.32 Å². The topological polar surface area (TPSA) is 49.3 Å². The van der Waals surface area contributed by atoms with Gasteiger partial charge in [0.15, 0.2) is 0 Å². The number of carboxylic acid groups (broad SMARTS) is 1. The van der Waals surface area contributed by atoms with E-state index in [0.29, 0.717) is 0 Å². The largest absolute Gasteiger partial charge is 0.480 e. The van der Waals surface area contributed by atoms with Gasteiger partial charge in [-0.25, -0.2) is 0 Å². The van der Waals surface area contributed by atoms with Crippen LogP contribution in [-0.2, 0) is 4.79 Å². The fourth-order valence-electron chi connectivity index (χ4n) is 1.66. The summed E-state index contributed by atoms with van der Waals surface area (Å²) in [6.07, 6.45) is 0.911. The lowest BCUT2D eigenvalue weighted by atomic mass is 10.0. The summed E-state index contributed by atoms with van der Waals surface area (Å²) >= 11 is 0. The molecule has 0 amide bonds. The van der Waals surface area contributed by atoms with Crippen molar-refractivity contribution in [3.05, 3.63) is 34.9 Å². The molecular weight excluding hydrogens is 214 g/mol. The van der Waals surface area contributed by atoms with Crippen LogP contribution in [0.5, 0.6) is 0 Å². The number of nitrogens with one attached hydrogen (secondary N) is 1. The molecule has 0 fully saturated rings. The quantitative estimate of drug-likeness (QED) is 0.825. The molecule has 2 unspecified atom stereocenters. The minimum absolute atomic E-state index is 0.192. The molecule has 0 heterocycles. The first kappa shape index (κ1) is 13.7. The highest BCUT2D eigenvalue weighted by atomic mass is 16.4. The number of aliphatic carboxylic acids is 1. The van der Waals surface area contributed by atoms with Gasteiger partial charge in [-0.3, -0.25) is 10.1 Å². The number of carbonyl (C=O) groups is 1. The minimum atomic E-state index is -0.825. The first-order valence-corrected chi connectivity index (χ1v) is 6.01. The molecule has 1 aromatic rings. The van der Waals surface area contributed by atoms with Crippen LogP contribution >= 0.6 is 0 Å². The van der Waals surface area contributed by atoms with E-state index >= 15 is 0 Å². The Morgan fingerprint density at radius 1 is 1.35 bits per heavy atom. The van der Waals surface area contributed by atoms with Gasteiger partial charge in [-0.1, -0.05) is 25.1 Å². The Bertz CT molecular complexity index is 401. The molecule has 1 rings (SSSR count). The third kappa shape index (κ3) is 3.56. The molecule has 3 heteroatoms. The molecule has 0 spiro atoms. The van der Waals surface area contributed by atoms with Gasteiger partial charge in [-0.2, -0.15) is 0 Å². The van der Waals surface area contributed by atoms with Crippen molar-refractivity contribution in [1.82, 2.24) is 5.32 Å². The lowest BCUT2D eigenvalue weighted by molar-refractivity contribution is -0.139. The van der Waals surface area contributed by atoms with E-state index in [1.54, 1.807) is 0 Å². The van der Waals surface area contributed by atoms with Gasteiger partial charge in [0, 0.05) is 6.04 Å². The third-order valence-corrected chi connectivity index (χ3v) is 3.17. The van der Waals surface area contributed by atoms with Crippen molar-refractivity contribution >= 4 is 5.97 Å². The van der Waals surface area contributed by atoms with Crippen LogP contribution in [0, 0.1) is 13.8 Å². The zero-order chi connectivity index (χ0) is 13.0. The molecule has 0 bridgehead atoms. The Balaban J connectivity index is 2.97. The maximum Gasteiger partial charge on any atom is 0.325 e. The van der Waals surface area contributed by atoms with Gasteiger partial charge >= 0.3 is 5.97 Å². The van der Waals surface area contributed by atoms with Crippen molar-refractivity contribution in [3.8, 4) is 0 Å². The Hall–Kier alpha value is -1.35. The zero-order valence-electron chi connectivity index (χ0n) is 10.9. The standard InChI is InChI=1S/C14H21NO2/c1-5-11(4)15-13(14(16)17)12-7-6-9(2)10(3)8-12/h6-8,11,13,15H,5H2,1-4H3,(H,16,17). The summed E-state index contributed by atoms with van der Waals surface area (Å²) in [5.41, 5.74) is 3.13. The van der Waals surface area contributed by atoms with E-state index in [1.165, 1.54) is 5.56 Å². The molecule has 94 valence electrons. The summed E-state index contributed by atoms with van der Waals surface area (Å²) in [7, 11) is 0. The Labute approximate surface area is 103 Å². The summed E-state index contributed by atoms with van der Waals surface area (Å²) in [5, 5.41) is 12.4. The molecule has 2 N–H and O–H groups in total. The molecule has 0 aliphatic rings. The van der Waals surface area contributed by atoms with Gasteiger partial charge in [0.1, 0.15) is 6.04 Å². The Morgan fingerprint density at radius 2 is 2.00 bits per heavy atom. The SMILES string of the molecule is CCC(C)NC(C(=O)O)c1ccc(C)c(C)c1. The number of hydrogen-bond donors (Lipinski definition) is 2. The number of benzene rings is 1. The highest BCUT2D eigenvalue weighted by molar-refractivity contribution is 5.75. The smallest absolute Gasteiger partial charge is 0.325 e. The van der Waals surface area contributed by atoms with Crippen LogP contribution in [0.4, 0.5) is 0 Å². The van der Waals surface area contributed by atoms with E-state index in [2.05, 4.69) is 5.32 Å². The molecule has 0 aromatic heterocycles. The van der Waals surface area contributed by atoms with Crippen molar-refractivity contribution in [2.24, 2.45) is 0 Å². The molecule has 0 saturated carbocycles. The van der Waals surface area contributed by atoms with Gasteiger partial charge in [0.25, 0.3) is 0 Å². The highest BCUT2D eigenvalue weighted by Gasteiger charge is 2.21. The second kappa shape index (κ2) is 5.82. The number of rotatable bonds is 5. The van der Waals surface area contributed by atoms with Gasteiger partial charge < -0.3 is 5.11 Å². The molecule has 0 saturated heterocycles. The van der Waals surface area contributed by atoms with Gasteiger partial charge in [0.05, 0.1) is 0 Å². The summed E-state index contributed by atoms with van der Waals surface area (Å²) in [6.45, 7) is 8.06. The van der Waals surface area contributed by atoms with Gasteiger partial charge in [-0.05, 0) is 43.9 Å². The minimum Gasteiger partial charge on any atom is -0.480 e. The molecule has 0 radical (unpaired) electrons. The third-order valence-electron chi connectivity index (χ3n) is 3.17. The van der Waals surface area contributed by atoms with Crippen LogP contribution in [0.3, 0.4) is 0 Å². The molecule has 17 heavy (non-hydrogen) atoms. The van der Waals surface area contributed by atoms with Crippen LogP contribution in [-0.4, -0.2) is 17.1 Å². The molecule has 2 atom stereocenters. The van der Waals surface area contributed by atoms with E-state index in [4.69, 9.17) is 0 Å². The highest BCUT2D eigenvalue weighted by Crippen LogP contribution is 2.18. The lowest BCUT2D eigenvalue weighted by Gasteiger charge is -2.20. The van der Waals surface area contributed by atoms with Crippen molar-refractivity contribution in [3.63, 3.8) is 0 Å². The molecule has 0 aliphatic heterocycles. The van der Waals surface area contributed by atoms with Crippen LogP contribution in [0.2, 0.25) is 0 Å². The fraction of sp³-hybridized carbons (Fsp3) is 0.500. The lowest BCUT2D eigenvalue weighted by Crippen LogP contribution is -2.35. The molecule has 1 aromatic carbocycles. The van der Waals surface area contributed by atoms with Gasteiger partial charge in [0.2, 0.25) is 0 Å². The fourth-order valence-corrected chi connectivity index (χ4v) is 1.66. The first-order valence-electron chi connectivity index (χ1n) is 6.01. The van der Waals surface area contributed by atoms with Crippen molar-refractivity contribution in [2.75, 3.05) is 0 Å². The van der Waals surface area contributed by atoms with E-state index in [9.17, 15) is 9.90 Å². The van der Waals surface area contributed by atoms with Crippen LogP contribution in [0.1, 0.15) is 43.0 Å². The van der Waals surface area contributed by atoms with E-state index < -0.39 is 12.0 Å².